The van der Waals surface area contributed by atoms with Crippen molar-refractivity contribution in [2.45, 2.75) is 57.9 Å². The van der Waals surface area contributed by atoms with E-state index < -0.39 is 5.97 Å². The Labute approximate surface area is 120 Å². The molecule has 0 amide bonds. The predicted molar refractivity (Wildman–Crippen MR) is 80.6 cm³/mol. The number of carbonyl (C=O) groups is 1. The molecule has 0 radical (unpaired) electrons. The fraction of sp³-hybridized carbons (Fsp3) is 0.625. The van der Waals surface area contributed by atoms with Gasteiger partial charge in [0.25, 0.3) is 0 Å². The molecule has 1 aromatic heterocycles. The lowest BCUT2D eigenvalue weighted by Gasteiger charge is -2.28. The van der Waals surface area contributed by atoms with E-state index in [4.69, 9.17) is 4.98 Å². The molecule has 4 heteroatoms. The van der Waals surface area contributed by atoms with E-state index in [1.807, 2.05) is 7.05 Å². The Morgan fingerprint density at radius 3 is 2.40 bits per heavy atom. The summed E-state index contributed by atoms with van der Waals surface area (Å²) in [6.07, 6.45) is 4.83. The quantitative estimate of drug-likeness (QED) is 0.918. The molecule has 0 aliphatic heterocycles. The summed E-state index contributed by atoms with van der Waals surface area (Å²) in [5.74, 6) is -0.110. The Kier molecular flexibility index (Phi) is 4.02. The van der Waals surface area contributed by atoms with Crippen LogP contribution in [0, 0.1) is 0 Å². The molecule has 1 aromatic rings. The molecule has 1 heterocycles. The number of carboxylic acid groups (broad SMARTS) is 1. The van der Waals surface area contributed by atoms with E-state index in [2.05, 4.69) is 25.7 Å². The number of aromatic carboxylic acids is 1. The highest BCUT2D eigenvalue weighted by Crippen LogP contribution is 2.29. The summed E-state index contributed by atoms with van der Waals surface area (Å²) >= 11 is 0. The molecule has 0 unspecified atom stereocenters. The number of anilines is 1. The van der Waals surface area contributed by atoms with E-state index in [-0.39, 0.29) is 5.41 Å². The maximum Gasteiger partial charge on any atom is 0.335 e. The molecule has 1 aliphatic rings. The number of hydrogen-bond acceptors (Lipinski definition) is 3. The summed E-state index contributed by atoms with van der Waals surface area (Å²) in [5.41, 5.74) is 0.999. The maximum absolute atomic E-state index is 11.3. The van der Waals surface area contributed by atoms with Crippen LogP contribution >= 0.6 is 0 Å². The molecule has 20 heavy (non-hydrogen) atoms. The van der Waals surface area contributed by atoms with Crippen molar-refractivity contribution in [1.82, 2.24) is 4.98 Å². The van der Waals surface area contributed by atoms with Crippen LogP contribution in [0.2, 0.25) is 0 Å². The highest BCUT2D eigenvalue weighted by molar-refractivity contribution is 5.88. The molecule has 1 saturated carbocycles. The van der Waals surface area contributed by atoms with Crippen molar-refractivity contribution in [3.8, 4) is 0 Å². The summed E-state index contributed by atoms with van der Waals surface area (Å²) in [6.45, 7) is 6.17. The summed E-state index contributed by atoms with van der Waals surface area (Å²) in [4.78, 5) is 18.2. The summed E-state index contributed by atoms with van der Waals surface area (Å²) < 4.78 is 0. The Hall–Kier alpha value is -1.58. The van der Waals surface area contributed by atoms with Gasteiger partial charge in [0, 0.05) is 24.2 Å². The molecule has 4 nitrogen and oxygen atoms in total. The fourth-order valence-electron chi connectivity index (χ4n) is 2.68. The highest BCUT2D eigenvalue weighted by Gasteiger charge is 2.24. The third-order valence-corrected chi connectivity index (χ3v) is 4.06. The van der Waals surface area contributed by atoms with Crippen LogP contribution < -0.4 is 4.90 Å². The van der Waals surface area contributed by atoms with Crippen LogP contribution in [0.3, 0.4) is 0 Å². The lowest BCUT2D eigenvalue weighted by molar-refractivity contribution is 0.0696. The predicted octanol–water partition coefficient (Wildman–Crippen LogP) is 3.46. The van der Waals surface area contributed by atoms with Crippen molar-refractivity contribution in [2.24, 2.45) is 0 Å². The number of pyridine rings is 1. The van der Waals surface area contributed by atoms with Crippen LogP contribution in [-0.4, -0.2) is 29.1 Å². The molecule has 0 saturated heterocycles. The smallest absolute Gasteiger partial charge is 0.335 e. The van der Waals surface area contributed by atoms with Crippen LogP contribution in [0.4, 0.5) is 5.82 Å². The third-order valence-electron chi connectivity index (χ3n) is 4.06. The minimum absolute atomic E-state index is 0.156. The van der Waals surface area contributed by atoms with Crippen LogP contribution in [-0.2, 0) is 5.41 Å². The minimum Gasteiger partial charge on any atom is -0.478 e. The van der Waals surface area contributed by atoms with E-state index in [0.29, 0.717) is 11.6 Å². The lowest BCUT2D eigenvalue weighted by atomic mass is 9.90. The Morgan fingerprint density at radius 1 is 1.30 bits per heavy atom. The van der Waals surface area contributed by atoms with Gasteiger partial charge in [-0.2, -0.15) is 0 Å². The molecule has 110 valence electrons. The number of hydrogen-bond donors (Lipinski definition) is 1. The number of aromatic nitrogens is 1. The zero-order valence-corrected chi connectivity index (χ0v) is 12.8. The fourth-order valence-corrected chi connectivity index (χ4v) is 2.68. The molecule has 1 N–H and O–H groups in total. The van der Waals surface area contributed by atoms with Crippen LogP contribution in [0.5, 0.6) is 0 Å². The summed E-state index contributed by atoms with van der Waals surface area (Å²) in [7, 11) is 2.02. The number of carboxylic acids is 1. The second-order valence-electron chi connectivity index (χ2n) is 6.70. The average Bonchev–Trinajstić information content (AvgIpc) is 2.90. The van der Waals surface area contributed by atoms with Gasteiger partial charge in [-0.3, -0.25) is 0 Å². The van der Waals surface area contributed by atoms with E-state index in [1.54, 1.807) is 12.1 Å². The minimum atomic E-state index is -0.890. The zero-order chi connectivity index (χ0) is 14.9. The first kappa shape index (κ1) is 14.8. The second-order valence-corrected chi connectivity index (χ2v) is 6.70. The van der Waals surface area contributed by atoms with Crippen LogP contribution in [0.1, 0.15) is 62.5 Å². The molecule has 0 aromatic carbocycles. The molecule has 0 bridgehead atoms. The first-order valence-electron chi connectivity index (χ1n) is 7.28. The molecule has 0 spiro atoms. The van der Waals surface area contributed by atoms with Gasteiger partial charge in [-0.1, -0.05) is 33.6 Å². The first-order valence-corrected chi connectivity index (χ1v) is 7.28. The lowest BCUT2D eigenvalue weighted by Crippen LogP contribution is -2.30. The van der Waals surface area contributed by atoms with Crippen molar-refractivity contribution in [3.05, 3.63) is 23.4 Å². The maximum atomic E-state index is 11.3. The molecule has 1 aliphatic carbocycles. The van der Waals surface area contributed by atoms with Gasteiger partial charge in [0.05, 0.1) is 5.56 Å². The first-order chi connectivity index (χ1) is 9.29. The summed E-state index contributed by atoms with van der Waals surface area (Å²) in [6, 6.07) is 3.86. The highest BCUT2D eigenvalue weighted by atomic mass is 16.4. The van der Waals surface area contributed by atoms with Gasteiger partial charge in [0.1, 0.15) is 5.82 Å². The molecule has 2 rings (SSSR count). The second kappa shape index (κ2) is 5.43. The number of rotatable bonds is 3. The van der Waals surface area contributed by atoms with Gasteiger partial charge >= 0.3 is 5.97 Å². The van der Waals surface area contributed by atoms with E-state index in [9.17, 15) is 9.90 Å². The van der Waals surface area contributed by atoms with Crippen molar-refractivity contribution in [2.75, 3.05) is 11.9 Å². The van der Waals surface area contributed by atoms with Crippen LogP contribution in [0.15, 0.2) is 12.1 Å². The molecule has 1 fully saturated rings. The van der Waals surface area contributed by atoms with Gasteiger partial charge in [0.15, 0.2) is 0 Å². The van der Waals surface area contributed by atoms with Crippen molar-refractivity contribution < 1.29 is 9.90 Å². The number of nitrogens with zero attached hydrogens (tertiary/aromatic N) is 2. The topological polar surface area (TPSA) is 53.4 Å². The third kappa shape index (κ3) is 3.11. The monoisotopic (exact) mass is 276 g/mol. The largest absolute Gasteiger partial charge is 0.478 e. The van der Waals surface area contributed by atoms with E-state index >= 15 is 0 Å². The molecular formula is C16H24N2O2. The summed E-state index contributed by atoms with van der Waals surface area (Å²) in [5, 5.41) is 9.30. The SMILES string of the molecule is CN(c1cc(C(=O)O)cc(C(C)(C)C)n1)C1CCCC1. The van der Waals surface area contributed by atoms with Gasteiger partial charge in [0.2, 0.25) is 0 Å². The molecular weight excluding hydrogens is 252 g/mol. The average molecular weight is 276 g/mol. The van der Waals surface area contributed by atoms with E-state index in [1.165, 1.54) is 25.7 Å². The Morgan fingerprint density at radius 2 is 1.90 bits per heavy atom. The molecule has 0 atom stereocenters. The van der Waals surface area contributed by atoms with Gasteiger partial charge < -0.3 is 10.0 Å². The van der Waals surface area contributed by atoms with E-state index in [0.717, 1.165) is 11.5 Å². The standard InChI is InChI=1S/C16H24N2O2/c1-16(2,3)13-9-11(15(19)20)10-14(17-13)18(4)12-7-5-6-8-12/h9-10,12H,5-8H2,1-4H3,(H,19,20). The Bertz CT molecular complexity index is 500. The zero-order valence-electron chi connectivity index (χ0n) is 12.8. The normalized spacial score (nSPS) is 16.4. The van der Waals surface area contributed by atoms with Crippen molar-refractivity contribution in [3.63, 3.8) is 0 Å². The van der Waals surface area contributed by atoms with Gasteiger partial charge in [-0.25, -0.2) is 9.78 Å². The van der Waals surface area contributed by atoms with Crippen molar-refractivity contribution >= 4 is 11.8 Å². The Balaban J connectivity index is 2.41. The van der Waals surface area contributed by atoms with Gasteiger partial charge in [-0.05, 0) is 25.0 Å². The van der Waals surface area contributed by atoms with Crippen LogP contribution in [0.25, 0.3) is 0 Å². The van der Waals surface area contributed by atoms with Gasteiger partial charge in [-0.15, -0.1) is 0 Å². The van der Waals surface area contributed by atoms with Crippen molar-refractivity contribution in [1.29, 1.82) is 0 Å².